The van der Waals surface area contributed by atoms with Crippen LogP contribution in [0.1, 0.15) is 48.9 Å². The average Bonchev–Trinajstić information content (AvgIpc) is 3.34. The van der Waals surface area contributed by atoms with Gasteiger partial charge in [0.2, 0.25) is 5.91 Å². The van der Waals surface area contributed by atoms with E-state index in [1.165, 1.54) is 6.20 Å². The molecule has 3 rings (SSSR count). The van der Waals surface area contributed by atoms with E-state index in [0.29, 0.717) is 11.4 Å². The minimum atomic E-state index is -0.238. The summed E-state index contributed by atoms with van der Waals surface area (Å²) in [5.74, 6) is 0.341. The molecular formula is C16H21N3O3. The van der Waals surface area contributed by atoms with Gasteiger partial charge in [-0.1, -0.05) is 0 Å². The Hall–Kier alpha value is -1.95. The second-order valence-corrected chi connectivity index (χ2v) is 6.17. The maximum absolute atomic E-state index is 12.3. The summed E-state index contributed by atoms with van der Waals surface area (Å²) >= 11 is 0. The molecule has 0 aromatic carbocycles. The van der Waals surface area contributed by atoms with E-state index in [2.05, 4.69) is 15.6 Å². The first kappa shape index (κ1) is 15.0. The van der Waals surface area contributed by atoms with Crippen LogP contribution in [0.25, 0.3) is 0 Å². The Morgan fingerprint density at radius 2 is 1.86 bits per heavy atom. The molecule has 2 aliphatic carbocycles. The van der Waals surface area contributed by atoms with Crippen molar-refractivity contribution in [3.05, 3.63) is 23.9 Å². The van der Waals surface area contributed by atoms with Crippen LogP contribution in [-0.2, 0) is 4.79 Å². The number of aromatic nitrogens is 1. The lowest BCUT2D eigenvalue weighted by atomic mass is 9.93. The maximum Gasteiger partial charge on any atom is 0.251 e. The van der Waals surface area contributed by atoms with Crippen LogP contribution >= 0.6 is 0 Å². The number of anilines is 1. The Morgan fingerprint density at radius 1 is 1.14 bits per heavy atom. The number of pyridine rings is 1. The topological polar surface area (TPSA) is 91.3 Å². The molecule has 2 saturated carbocycles. The SMILES string of the molecule is O=C(NC1CCC(O)CC1)c1ccnc(NC(=O)C2CC2)c1. The normalized spacial score (nSPS) is 24.6. The number of aliphatic hydroxyl groups excluding tert-OH is 1. The van der Waals surface area contributed by atoms with Gasteiger partial charge in [-0.25, -0.2) is 4.98 Å². The minimum Gasteiger partial charge on any atom is -0.393 e. The number of carbonyl (C=O) groups is 2. The summed E-state index contributed by atoms with van der Waals surface area (Å²) in [4.78, 5) is 28.1. The standard InChI is InChI=1S/C16H21N3O3/c20-13-5-3-12(4-6-13)18-16(22)11-7-8-17-14(9-11)19-15(21)10-1-2-10/h7-10,12-13,20H,1-6H2,(H,18,22)(H,17,19,21). The van der Waals surface area contributed by atoms with Crippen LogP contribution in [0.4, 0.5) is 5.82 Å². The van der Waals surface area contributed by atoms with E-state index in [4.69, 9.17) is 0 Å². The highest BCUT2D eigenvalue weighted by molar-refractivity contribution is 5.97. The van der Waals surface area contributed by atoms with Crippen LogP contribution in [-0.4, -0.2) is 34.1 Å². The molecule has 0 aliphatic heterocycles. The Balaban J connectivity index is 1.58. The number of hydrogen-bond acceptors (Lipinski definition) is 4. The van der Waals surface area contributed by atoms with Crippen molar-refractivity contribution in [1.29, 1.82) is 0 Å². The van der Waals surface area contributed by atoms with Gasteiger partial charge in [-0.15, -0.1) is 0 Å². The van der Waals surface area contributed by atoms with E-state index in [-0.39, 0.29) is 29.9 Å². The molecule has 1 aromatic heterocycles. The predicted octanol–water partition coefficient (Wildman–Crippen LogP) is 1.46. The maximum atomic E-state index is 12.3. The lowest BCUT2D eigenvalue weighted by Gasteiger charge is -2.26. The van der Waals surface area contributed by atoms with E-state index >= 15 is 0 Å². The second-order valence-electron chi connectivity index (χ2n) is 6.17. The molecule has 6 heteroatoms. The smallest absolute Gasteiger partial charge is 0.251 e. The molecule has 2 amide bonds. The fourth-order valence-electron chi connectivity index (χ4n) is 2.70. The van der Waals surface area contributed by atoms with E-state index in [0.717, 1.165) is 38.5 Å². The van der Waals surface area contributed by atoms with Crippen molar-refractivity contribution in [3.8, 4) is 0 Å². The van der Waals surface area contributed by atoms with Crippen molar-refractivity contribution >= 4 is 17.6 Å². The Bertz CT molecular complexity index is 564. The number of hydrogen-bond donors (Lipinski definition) is 3. The lowest BCUT2D eigenvalue weighted by Crippen LogP contribution is -2.38. The molecule has 22 heavy (non-hydrogen) atoms. The van der Waals surface area contributed by atoms with Gasteiger partial charge in [-0.05, 0) is 50.7 Å². The summed E-state index contributed by atoms with van der Waals surface area (Å²) in [6, 6.07) is 3.35. The van der Waals surface area contributed by atoms with Crippen LogP contribution in [0, 0.1) is 5.92 Å². The fourth-order valence-corrected chi connectivity index (χ4v) is 2.70. The summed E-state index contributed by atoms with van der Waals surface area (Å²) in [7, 11) is 0. The third-order valence-electron chi connectivity index (χ3n) is 4.25. The van der Waals surface area contributed by atoms with Gasteiger partial charge >= 0.3 is 0 Å². The van der Waals surface area contributed by atoms with E-state index in [9.17, 15) is 14.7 Å². The van der Waals surface area contributed by atoms with Crippen LogP contribution in [0.2, 0.25) is 0 Å². The molecular weight excluding hydrogens is 282 g/mol. The molecule has 0 unspecified atom stereocenters. The number of nitrogens with zero attached hydrogens (tertiary/aromatic N) is 1. The van der Waals surface area contributed by atoms with Gasteiger partial charge in [-0.2, -0.15) is 0 Å². The fraction of sp³-hybridized carbons (Fsp3) is 0.562. The second kappa shape index (κ2) is 6.44. The molecule has 0 atom stereocenters. The van der Waals surface area contributed by atoms with Gasteiger partial charge < -0.3 is 15.7 Å². The quantitative estimate of drug-likeness (QED) is 0.785. The zero-order chi connectivity index (χ0) is 15.5. The van der Waals surface area contributed by atoms with Crippen molar-refractivity contribution in [2.24, 2.45) is 5.92 Å². The molecule has 3 N–H and O–H groups in total. The third kappa shape index (κ3) is 3.82. The molecule has 1 heterocycles. The zero-order valence-corrected chi connectivity index (χ0v) is 12.4. The summed E-state index contributed by atoms with van der Waals surface area (Å²) in [6.07, 6.45) is 6.19. The zero-order valence-electron chi connectivity index (χ0n) is 12.4. The largest absolute Gasteiger partial charge is 0.393 e. The Morgan fingerprint density at radius 3 is 2.55 bits per heavy atom. The van der Waals surface area contributed by atoms with Gasteiger partial charge in [0.1, 0.15) is 5.82 Å². The molecule has 0 spiro atoms. The minimum absolute atomic E-state index is 0.0219. The van der Waals surface area contributed by atoms with E-state index in [1.807, 2.05) is 0 Å². The average molecular weight is 303 g/mol. The molecule has 0 radical (unpaired) electrons. The summed E-state index contributed by atoms with van der Waals surface area (Å²) in [5, 5.41) is 15.2. The predicted molar refractivity (Wildman–Crippen MR) is 81.3 cm³/mol. The number of amides is 2. The number of aliphatic hydroxyl groups is 1. The van der Waals surface area contributed by atoms with E-state index < -0.39 is 0 Å². The van der Waals surface area contributed by atoms with Gasteiger partial charge in [0.05, 0.1) is 6.10 Å². The highest BCUT2D eigenvalue weighted by Crippen LogP contribution is 2.30. The molecule has 6 nitrogen and oxygen atoms in total. The van der Waals surface area contributed by atoms with Crippen molar-refractivity contribution in [1.82, 2.24) is 10.3 Å². The molecule has 118 valence electrons. The summed E-state index contributed by atoms with van der Waals surface area (Å²) < 4.78 is 0. The van der Waals surface area contributed by atoms with Crippen molar-refractivity contribution in [2.45, 2.75) is 50.7 Å². The van der Waals surface area contributed by atoms with Crippen LogP contribution in [0.5, 0.6) is 0 Å². The first-order chi connectivity index (χ1) is 10.6. The summed E-state index contributed by atoms with van der Waals surface area (Å²) in [6.45, 7) is 0. The van der Waals surface area contributed by atoms with Crippen molar-refractivity contribution in [2.75, 3.05) is 5.32 Å². The molecule has 1 aromatic rings. The highest BCUT2D eigenvalue weighted by atomic mass is 16.3. The van der Waals surface area contributed by atoms with Crippen LogP contribution < -0.4 is 10.6 Å². The molecule has 0 bridgehead atoms. The monoisotopic (exact) mass is 303 g/mol. The number of nitrogens with one attached hydrogen (secondary N) is 2. The summed E-state index contributed by atoms with van der Waals surface area (Å²) in [5.41, 5.74) is 0.493. The first-order valence-electron chi connectivity index (χ1n) is 7.87. The van der Waals surface area contributed by atoms with Gasteiger partial charge in [0, 0.05) is 23.7 Å². The van der Waals surface area contributed by atoms with Crippen LogP contribution in [0.3, 0.4) is 0 Å². The van der Waals surface area contributed by atoms with Gasteiger partial charge in [-0.3, -0.25) is 9.59 Å². The number of rotatable bonds is 4. The highest BCUT2D eigenvalue weighted by Gasteiger charge is 2.30. The number of carbonyl (C=O) groups excluding carboxylic acids is 2. The lowest BCUT2D eigenvalue weighted by molar-refractivity contribution is -0.117. The van der Waals surface area contributed by atoms with E-state index in [1.54, 1.807) is 12.1 Å². The van der Waals surface area contributed by atoms with Gasteiger partial charge in [0.25, 0.3) is 5.91 Å². The van der Waals surface area contributed by atoms with Crippen molar-refractivity contribution in [3.63, 3.8) is 0 Å². The Kier molecular flexibility index (Phi) is 4.38. The Labute approximate surface area is 129 Å². The van der Waals surface area contributed by atoms with Crippen LogP contribution in [0.15, 0.2) is 18.3 Å². The first-order valence-corrected chi connectivity index (χ1v) is 7.87. The van der Waals surface area contributed by atoms with Gasteiger partial charge in [0.15, 0.2) is 0 Å². The van der Waals surface area contributed by atoms with Crippen molar-refractivity contribution < 1.29 is 14.7 Å². The molecule has 2 aliphatic rings. The molecule has 0 saturated heterocycles. The molecule has 2 fully saturated rings. The third-order valence-corrected chi connectivity index (χ3v) is 4.25.